The molecular weight excluding hydrogens is 442 g/mol. The van der Waals surface area contributed by atoms with Crippen molar-refractivity contribution < 1.29 is 14.3 Å². The average molecular weight is 472 g/mol. The van der Waals surface area contributed by atoms with Gasteiger partial charge in [-0.3, -0.25) is 14.5 Å². The maximum Gasteiger partial charge on any atom is 0.242 e. The number of aromatic nitrogens is 1. The van der Waals surface area contributed by atoms with Gasteiger partial charge in [-0.1, -0.05) is 30.3 Å². The lowest BCUT2D eigenvalue weighted by atomic mass is 10.1. The molecule has 2 heterocycles. The van der Waals surface area contributed by atoms with Gasteiger partial charge in [0.05, 0.1) is 25.3 Å². The highest BCUT2D eigenvalue weighted by molar-refractivity contribution is 5.94. The van der Waals surface area contributed by atoms with E-state index < -0.39 is 0 Å². The average Bonchev–Trinajstić information content (AvgIpc) is 2.91. The summed E-state index contributed by atoms with van der Waals surface area (Å²) in [5.74, 6) is 1.50. The lowest BCUT2D eigenvalue weighted by molar-refractivity contribution is -0.133. The zero-order valence-electron chi connectivity index (χ0n) is 20.1. The largest absolute Gasteiger partial charge is 0.493 e. The molecule has 7 nitrogen and oxygen atoms in total. The van der Waals surface area contributed by atoms with Crippen molar-refractivity contribution in [2.75, 3.05) is 40.4 Å². The molecule has 0 unspecified atom stereocenters. The van der Waals surface area contributed by atoms with Gasteiger partial charge in [0.15, 0.2) is 16.9 Å². The Balaban J connectivity index is 1.30. The monoisotopic (exact) mass is 471 g/mol. The normalized spacial score (nSPS) is 14.4. The van der Waals surface area contributed by atoms with Crippen LogP contribution in [0.2, 0.25) is 0 Å². The number of carbonyl (C=O) groups is 1. The molecule has 35 heavy (non-hydrogen) atoms. The number of hydrogen-bond acceptors (Lipinski definition) is 5. The maximum atomic E-state index is 13.3. The third kappa shape index (κ3) is 4.47. The van der Waals surface area contributed by atoms with Crippen molar-refractivity contribution in [3.8, 4) is 11.5 Å². The van der Waals surface area contributed by atoms with Gasteiger partial charge < -0.3 is 18.9 Å². The molecule has 1 aliphatic rings. The van der Waals surface area contributed by atoms with Crippen LogP contribution in [0.5, 0.6) is 11.5 Å². The Hall–Kier alpha value is -3.84. The molecular formula is C28H29N3O4. The number of piperazine rings is 1. The Morgan fingerprint density at radius 2 is 1.40 bits per heavy atom. The van der Waals surface area contributed by atoms with E-state index in [-0.39, 0.29) is 17.9 Å². The van der Waals surface area contributed by atoms with E-state index in [1.54, 1.807) is 14.2 Å². The van der Waals surface area contributed by atoms with E-state index in [4.69, 9.17) is 9.47 Å². The number of para-hydroxylation sites is 2. The highest BCUT2D eigenvalue weighted by atomic mass is 16.5. The standard InChI is InChI=1S/C28H29N3O4/c1-34-25-12-11-20(17-26(25)35-2)18-29-13-15-30(16-14-29)27(32)19-31-23-9-5-3-7-21(23)28(33)22-8-4-6-10-24(22)31/h3-12,17H,13-16,18-19H2,1-2H3. The Labute approximate surface area is 204 Å². The van der Waals surface area contributed by atoms with Crippen LogP contribution >= 0.6 is 0 Å². The first-order chi connectivity index (χ1) is 17.1. The highest BCUT2D eigenvalue weighted by Gasteiger charge is 2.23. The zero-order chi connectivity index (χ0) is 24.4. The van der Waals surface area contributed by atoms with Gasteiger partial charge in [-0.15, -0.1) is 0 Å². The highest BCUT2D eigenvalue weighted by Crippen LogP contribution is 2.28. The number of nitrogens with zero attached hydrogens (tertiary/aromatic N) is 3. The summed E-state index contributed by atoms with van der Waals surface area (Å²) >= 11 is 0. The lowest BCUT2D eigenvalue weighted by Crippen LogP contribution is -2.49. The van der Waals surface area contributed by atoms with Crippen LogP contribution in [-0.4, -0.2) is 60.7 Å². The number of benzene rings is 3. The molecule has 1 aromatic heterocycles. The second-order valence-electron chi connectivity index (χ2n) is 8.80. The van der Waals surface area contributed by atoms with E-state index in [2.05, 4.69) is 4.90 Å². The minimum Gasteiger partial charge on any atom is -0.493 e. The molecule has 1 aliphatic heterocycles. The molecule has 0 atom stereocenters. The number of pyridine rings is 1. The summed E-state index contributed by atoms with van der Waals surface area (Å²) in [5, 5.41) is 1.28. The minimum atomic E-state index is 0.00340. The number of fused-ring (bicyclic) bond motifs is 2. The van der Waals surface area contributed by atoms with Crippen molar-refractivity contribution in [2.24, 2.45) is 0 Å². The van der Waals surface area contributed by atoms with Gasteiger partial charge in [-0.25, -0.2) is 0 Å². The SMILES string of the molecule is COc1ccc(CN2CCN(C(=O)Cn3c4ccccc4c(=O)c4ccccc43)CC2)cc1OC. The van der Waals surface area contributed by atoms with Crippen LogP contribution in [0, 0.1) is 0 Å². The fourth-order valence-corrected chi connectivity index (χ4v) is 4.88. The molecule has 5 rings (SSSR count). The Bertz CT molecular complexity index is 1380. The molecule has 0 radical (unpaired) electrons. The fraction of sp³-hybridized carbons (Fsp3) is 0.286. The molecule has 7 heteroatoms. The van der Waals surface area contributed by atoms with Gasteiger partial charge >= 0.3 is 0 Å². The predicted octanol–water partition coefficient (Wildman–Crippen LogP) is 3.52. The summed E-state index contributed by atoms with van der Waals surface area (Å²) in [5.41, 5.74) is 2.73. The van der Waals surface area contributed by atoms with E-state index >= 15 is 0 Å². The number of carbonyl (C=O) groups excluding carboxylic acids is 1. The van der Waals surface area contributed by atoms with Crippen molar-refractivity contribution in [1.29, 1.82) is 0 Å². The number of ether oxygens (including phenoxy) is 2. The Morgan fingerprint density at radius 1 is 0.800 bits per heavy atom. The van der Waals surface area contributed by atoms with E-state index in [9.17, 15) is 9.59 Å². The lowest BCUT2D eigenvalue weighted by Gasteiger charge is -2.35. The van der Waals surface area contributed by atoms with Crippen LogP contribution in [0.4, 0.5) is 0 Å². The molecule has 3 aromatic carbocycles. The number of rotatable bonds is 6. The van der Waals surface area contributed by atoms with Gasteiger partial charge in [0.1, 0.15) is 6.54 Å². The molecule has 0 bridgehead atoms. The van der Waals surface area contributed by atoms with E-state index in [0.29, 0.717) is 29.6 Å². The summed E-state index contributed by atoms with van der Waals surface area (Å²) in [7, 11) is 3.27. The molecule has 1 fully saturated rings. The first kappa shape index (κ1) is 22.9. The van der Waals surface area contributed by atoms with Crippen LogP contribution in [0.3, 0.4) is 0 Å². The zero-order valence-corrected chi connectivity index (χ0v) is 20.1. The van der Waals surface area contributed by atoms with Crippen molar-refractivity contribution in [3.05, 3.63) is 82.5 Å². The number of methoxy groups -OCH3 is 2. The summed E-state index contributed by atoms with van der Waals surface area (Å²) in [6.45, 7) is 3.93. The summed E-state index contributed by atoms with van der Waals surface area (Å²) < 4.78 is 12.7. The van der Waals surface area contributed by atoms with Crippen LogP contribution in [-0.2, 0) is 17.9 Å². The third-order valence-electron chi connectivity index (χ3n) is 6.75. The third-order valence-corrected chi connectivity index (χ3v) is 6.75. The topological polar surface area (TPSA) is 64.0 Å². The second-order valence-corrected chi connectivity index (χ2v) is 8.80. The smallest absolute Gasteiger partial charge is 0.242 e. The quantitative estimate of drug-likeness (QED) is 0.403. The second kappa shape index (κ2) is 9.80. The molecule has 0 aliphatic carbocycles. The Kier molecular flexibility index (Phi) is 6.42. The fourth-order valence-electron chi connectivity index (χ4n) is 4.88. The minimum absolute atomic E-state index is 0.00340. The molecule has 0 saturated carbocycles. The van der Waals surface area contributed by atoms with Crippen molar-refractivity contribution in [2.45, 2.75) is 13.1 Å². The van der Waals surface area contributed by atoms with Crippen LogP contribution in [0.1, 0.15) is 5.56 Å². The molecule has 1 saturated heterocycles. The van der Waals surface area contributed by atoms with Crippen molar-refractivity contribution >= 4 is 27.7 Å². The molecule has 0 N–H and O–H groups in total. The van der Waals surface area contributed by atoms with Gasteiger partial charge in [0.2, 0.25) is 5.91 Å². The van der Waals surface area contributed by atoms with E-state index in [0.717, 1.165) is 42.0 Å². The Morgan fingerprint density at radius 3 is 2.00 bits per heavy atom. The van der Waals surface area contributed by atoms with E-state index in [1.807, 2.05) is 76.2 Å². The number of amides is 1. The van der Waals surface area contributed by atoms with Crippen LogP contribution in [0.25, 0.3) is 21.8 Å². The first-order valence-electron chi connectivity index (χ1n) is 11.8. The predicted molar refractivity (Wildman–Crippen MR) is 137 cm³/mol. The summed E-state index contributed by atoms with van der Waals surface area (Å²) in [6, 6.07) is 21.0. The van der Waals surface area contributed by atoms with Crippen LogP contribution < -0.4 is 14.9 Å². The van der Waals surface area contributed by atoms with Gasteiger partial charge in [0.25, 0.3) is 0 Å². The van der Waals surface area contributed by atoms with Crippen LogP contribution in [0.15, 0.2) is 71.5 Å². The van der Waals surface area contributed by atoms with E-state index in [1.165, 1.54) is 0 Å². The maximum absolute atomic E-state index is 13.3. The van der Waals surface area contributed by atoms with Gasteiger partial charge in [0, 0.05) is 43.5 Å². The molecule has 0 spiro atoms. The molecule has 4 aromatic rings. The van der Waals surface area contributed by atoms with Crippen molar-refractivity contribution in [3.63, 3.8) is 0 Å². The first-order valence-corrected chi connectivity index (χ1v) is 11.8. The van der Waals surface area contributed by atoms with Crippen molar-refractivity contribution in [1.82, 2.24) is 14.4 Å². The molecule has 1 amide bonds. The van der Waals surface area contributed by atoms with Gasteiger partial charge in [-0.05, 0) is 42.0 Å². The summed E-state index contributed by atoms with van der Waals surface area (Å²) in [4.78, 5) is 30.6. The van der Waals surface area contributed by atoms with Gasteiger partial charge in [-0.2, -0.15) is 0 Å². The molecule has 180 valence electrons. The summed E-state index contributed by atoms with van der Waals surface area (Å²) in [6.07, 6.45) is 0. The number of hydrogen-bond donors (Lipinski definition) is 0.